The summed E-state index contributed by atoms with van der Waals surface area (Å²) in [7, 11) is 0. The number of nitrogens with two attached hydrogens (primary N) is 2. The van der Waals surface area contributed by atoms with Crippen LogP contribution in [0.25, 0.3) is 0 Å². The molecule has 1 heterocycles. The highest BCUT2D eigenvalue weighted by Gasteiger charge is 2.09. The standard InChI is InChI=1S/C11H13N5O2/c12-10-7(11(13)17)2-1-3-8(10)14-5-4-9-15-6-16-18-9/h1-3,6,14H,4-5,12H2,(H2,13,17). The van der Waals surface area contributed by atoms with Crippen molar-refractivity contribution >= 4 is 17.3 Å². The summed E-state index contributed by atoms with van der Waals surface area (Å²) in [6.45, 7) is 0.564. The zero-order valence-corrected chi connectivity index (χ0v) is 9.59. The summed E-state index contributed by atoms with van der Waals surface area (Å²) in [6, 6.07) is 5.07. The highest BCUT2D eigenvalue weighted by atomic mass is 16.5. The fourth-order valence-corrected chi connectivity index (χ4v) is 1.54. The number of benzene rings is 1. The molecule has 2 rings (SSSR count). The maximum Gasteiger partial charge on any atom is 0.250 e. The van der Waals surface area contributed by atoms with Crippen LogP contribution in [0, 0.1) is 0 Å². The lowest BCUT2D eigenvalue weighted by atomic mass is 10.1. The molecule has 0 spiro atoms. The predicted molar refractivity (Wildman–Crippen MR) is 65.9 cm³/mol. The molecule has 0 aliphatic rings. The van der Waals surface area contributed by atoms with Crippen molar-refractivity contribution in [2.24, 2.45) is 5.73 Å². The molecule has 1 aromatic carbocycles. The third kappa shape index (κ3) is 2.57. The number of amides is 1. The average molecular weight is 247 g/mol. The number of para-hydroxylation sites is 1. The molecule has 18 heavy (non-hydrogen) atoms. The second-order valence-electron chi connectivity index (χ2n) is 3.64. The molecule has 0 unspecified atom stereocenters. The minimum absolute atomic E-state index is 0.304. The van der Waals surface area contributed by atoms with Gasteiger partial charge in [0.1, 0.15) is 0 Å². The molecular weight excluding hydrogens is 234 g/mol. The topological polar surface area (TPSA) is 120 Å². The molecule has 0 radical (unpaired) electrons. The number of nitrogens with one attached hydrogen (secondary N) is 1. The third-order valence-electron chi connectivity index (χ3n) is 2.43. The molecular formula is C11H13N5O2. The van der Waals surface area contributed by atoms with E-state index in [4.69, 9.17) is 16.0 Å². The van der Waals surface area contributed by atoms with E-state index in [2.05, 4.69) is 15.5 Å². The van der Waals surface area contributed by atoms with E-state index < -0.39 is 5.91 Å². The van der Waals surface area contributed by atoms with Gasteiger partial charge in [0, 0.05) is 13.0 Å². The van der Waals surface area contributed by atoms with E-state index in [9.17, 15) is 4.79 Å². The Morgan fingerprint density at radius 3 is 2.94 bits per heavy atom. The van der Waals surface area contributed by atoms with Crippen LogP contribution in [0.3, 0.4) is 0 Å². The first kappa shape index (κ1) is 11.9. The van der Waals surface area contributed by atoms with Crippen molar-refractivity contribution in [1.82, 2.24) is 10.1 Å². The van der Waals surface area contributed by atoms with E-state index in [-0.39, 0.29) is 0 Å². The Bertz CT molecular complexity index is 538. The molecule has 5 N–H and O–H groups in total. The maximum absolute atomic E-state index is 11.1. The van der Waals surface area contributed by atoms with Gasteiger partial charge < -0.3 is 21.3 Å². The number of nitrogens with zero attached hydrogens (tertiary/aromatic N) is 2. The number of primary amides is 1. The van der Waals surface area contributed by atoms with Crippen molar-refractivity contribution in [3.63, 3.8) is 0 Å². The van der Waals surface area contributed by atoms with Gasteiger partial charge >= 0.3 is 0 Å². The van der Waals surface area contributed by atoms with Crippen molar-refractivity contribution in [1.29, 1.82) is 0 Å². The number of carbonyl (C=O) groups excluding carboxylic acids is 1. The Kier molecular flexibility index (Phi) is 3.42. The quantitative estimate of drug-likeness (QED) is 0.658. The molecule has 7 nitrogen and oxygen atoms in total. The highest BCUT2D eigenvalue weighted by molar-refractivity contribution is 6.00. The van der Waals surface area contributed by atoms with Gasteiger partial charge in [-0.25, -0.2) is 0 Å². The molecule has 0 aliphatic carbocycles. The van der Waals surface area contributed by atoms with Crippen LogP contribution in [0.2, 0.25) is 0 Å². The third-order valence-corrected chi connectivity index (χ3v) is 2.43. The van der Waals surface area contributed by atoms with E-state index in [0.717, 1.165) is 0 Å². The summed E-state index contributed by atoms with van der Waals surface area (Å²) < 4.78 is 4.86. The van der Waals surface area contributed by atoms with Gasteiger partial charge in [-0.15, -0.1) is 0 Å². The van der Waals surface area contributed by atoms with Crippen LogP contribution in [0.1, 0.15) is 16.2 Å². The normalized spacial score (nSPS) is 10.2. The Morgan fingerprint density at radius 1 is 1.44 bits per heavy atom. The number of hydrogen-bond donors (Lipinski definition) is 3. The van der Waals surface area contributed by atoms with Gasteiger partial charge in [-0.1, -0.05) is 11.2 Å². The first-order valence-corrected chi connectivity index (χ1v) is 5.36. The minimum Gasteiger partial charge on any atom is -0.396 e. The Morgan fingerprint density at radius 2 is 2.28 bits per heavy atom. The Balaban J connectivity index is 2.01. The van der Waals surface area contributed by atoms with Crippen LogP contribution in [-0.4, -0.2) is 22.6 Å². The molecule has 0 bridgehead atoms. The van der Waals surface area contributed by atoms with Gasteiger partial charge in [0.2, 0.25) is 5.89 Å². The van der Waals surface area contributed by atoms with Gasteiger partial charge in [0.05, 0.1) is 16.9 Å². The molecule has 1 aromatic heterocycles. The second-order valence-corrected chi connectivity index (χ2v) is 3.64. The first-order chi connectivity index (χ1) is 8.68. The fraction of sp³-hybridized carbons (Fsp3) is 0.182. The number of anilines is 2. The van der Waals surface area contributed by atoms with Crippen LogP contribution in [0.5, 0.6) is 0 Å². The van der Waals surface area contributed by atoms with E-state index in [1.807, 2.05) is 0 Å². The van der Waals surface area contributed by atoms with Crippen molar-refractivity contribution in [3.8, 4) is 0 Å². The SMILES string of the molecule is NC(=O)c1cccc(NCCc2ncno2)c1N. The van der Waals surface area contributed by atoms with Gasteiger partial charge in [-0.05, 0) is 12.1 Å². The van der Waals surface area contributed by atoms with Gasteiger partial charge in [0.25, 0.3) is 5.91 Å². The fourth-order valence-electron chi connectivity index (χ4n) is 1.54. The van der Waals surface area contributed by atoms with E-state index >= 15 is 0 Å². The van der Waals surface area contributed by atoms with Gasteiger partial charge in [-0.2, -0.15) is 4.98 Å². The Labute approximate surface area is 103 Å². The summed E-state index contributed by atoms with van der Waals surface area (Å²) >= 11 is 0. The molecule has 0 saturated heterocycles. The maximum atomic E-state index is 11.1. The van der Waals surface area contributed by atoms with Crippen LogP contribution < -0.4 is 16.8 Å². The molecule has 0 saturated carbocycles. The van der Waals surface area contributed by atoms with Crippen molar-refractivity contribution < 1.29 is 9.32 Å². The first-order valence-electron chi connectivity index (χ1n) is 5.36. The summed E-state index contributed by atoms with van der Waals surface area (Å²) in [5, 5.41) is 6.59. The number of nitrogen functional groups attached to an aromatic ring is 1. The molecule has 7 heteroatoms. The van der Waals surface area contributed by atoms with E-state index in [1.54, 1.807) is 18.2 Å². The summed E-state index contributed by atoms with van der Waals surface area (Å²) in [5.41, 5.74) is 12.3. The minimum atomic E-state index is -0.548. The number of rotatable bonds is 5. The van der Waals surface area contributed by atoms with Crippen LogP contribution in [0.15, 0.2) is 29.0 Å². The van der Waals surface area contributed by atoms with Crippen LogP contribution in [-0.2, 0) is 6.42 Å². The van der Waals surface area contributed by atoms with Crippen molar-refractivity contribution in [3.05, 3.63) is 36.0 Å². The van der Waals surface area contributed by atoms with Crippen molar-refractivity contribution in [2.45, 2.75) is 6.42 Å². The van der Waals surface area contributed by atoms with E-state index in [0.29, 0.717) is 35.8 Å². The zero-order chi connectivity index (χ0) is 13.0. The lowest BCUT2D eigenvalue weighted by Crippen LogP contribution is -2.15. The van der Waals surface area contributed by atoms with Crippen LogP contribution in [0.4, 0.5) is 11.4 Å². The number of hydrogen-bond acceptors (Lipinski definition) is 6. The smallest absolute Gasteiger partial charge is 0.250 e. The molecule has 94 valence electrons. The monoisotopic (exact) mass is 247 g/mol. The van der Waals surface area contributed by atoms with E-state index in [1.165, 1.54) is 6.33 Å². The predicted octanol–water partition coefficient (Wildman–Crippen LogP) is 0.405. The highest BCUT2D eigenvalue weighted by Crippen LogP contribution is 2.22. The Hall–Kier alpha value is -2.57. The van der Waals surface area contributed by atoms with Gasteiger partial charge in [0.15, 0.2) is 6.33 Å². The summed E-state index contributed by atoms with van der Waals surface area (Å²) in [5.74, 6) is -0.0137. The number of aromatic nitrogens is 2. The number of carbonyl (C=O) groups is 1. The molecule has 1 amide bonds. The van der Waals surface area contributed by atoms with Gasteiger partial charge in [-0.3, -0.25) is 4.79 Å². The zero-order valence-electron chi connectivity index (χ0n) is 9.59. The summed E-state index contributed by atoms with van der Waals surface area (Å²) in [4.78, 5) is 15.0. The lowest BCUT2D eigenvalue weighted by molar-refractivity contribution is 0.100. The van der Waals surface area contributed by atoms with Crippen LogP contribution >= 0.6 is 0 Å². The molecule has 0 atom stereocenters. The van der Waals surface area contributed by atoms with Crippen molar-refractivity contribution in [2.75, 3.05) is 17.6 Å². The summed E-state index contributed by atoms with van der Waals surface area (Å²) in [6.07, 6.45) is 1.91. The molecule has 0 aliphatic heterocycles. The largest absolute Gasteiger partial charge is 0.396 e. The average Bonchev–Trinajstić information content (AvgIpc) is 2.84. The lowest BCUT2D eigenvalue weighted by Gasteiger charge is -2.10. The molecule has 0 fully saturated rings. The second kappa shape index (κ2) is 5.17. The molecule has 2 aromatic rings.